The van der Waals surface area contributed by atoms with E-state index in [9.17, 15) is 4.79 Å². The van der Waals surface area contributed by atoms with Crippen LogP contribution in [0.25, 0.3) is 5.65 Å². The Morgan fingerprint density at radius 2 is 2.14 bits per heavy atom. The molecule has 0 atom stereocenters. The summed E-state index contributed by atoms with van der Waals surface area (Å²) >= 11 is 0. The van der Waals surface area contributed by atoms with E-state index in [4.69, 9.17) is 0 Å². The van der Waals surface area contributed by atoms with Crippen molar-refractivity contribution in [3.05, 3.63) is 35.8 Å². The number of piperidine rings is 1. The van der Waals surface area contributed by atoms with Crippen LogP contribution < -0.4 is 5.32 Å². The van der Waals surface area contributed by atoms with Crippen LogP contribution in [0, 0.1) is 6.92 Å². The van der Waals surface area contributed by atoms with E-state index in [-0.39, 0.29) is 5.91 Å². The Hall–Kier alpha value is -1.88. The van der Waals surface area contributed by atoms with E-state index in [1.807, 2.05) is 23.1 Å². The molecule has 5 heteroatoms. The van der Waals surface area contributed by atoms with Gasteiger partial charge in [-0.15, -0.1) is 0 Å². The van der Waals surface area contributed by atoms with Gasteiger partial charge in [-0.05, 0) is 31.9 Å². The zero-order chi connectivity index (χ0) is 14.8. The van der Waals surface area contributed by atoms with E-state index in [1.165, 1.54) is 5.69 Å². The molecule has 0 saturated carbocycles. The molecule has 0 unspecified atom stereocenters. The fourth-order valence-corrected chi connectivity index (χ4v) is 3.02. The van der Waals surface area contributed by atoms with Crippen LogP contribution >= 0.6 is 0 Å². The lowest BCUT2D eigenvalue weighted by Gasteiger charge is -2.31. The molecule has 1 saturated heterocycles. The summed E-state index contributed by atoms with van der Waals surface area (Å²) in [6, 6.07) is 6.55. The van der Waals surface area contributed by atoms with Gasteiger partial charge in [-0.2, -0.15) is 0 Å². The normalized spacial score (nSPS) is 16.6. The highest BCUT2D eigenvalue weighted by Crippen LogP contribution is 2.14. The molecular formula is C16H22N4O. The smallest absolute Gasteiger partial charge is 0.219 e. The van der Waals surface area contributed by atoms with E-state index in [1.54, 1.807) is 6.92 Å². The van der Waals surface area contributed by atoms with Crippen molar-refractivity contribution in [2.24, 2.45) is 0 Å². The number of nitrogens with one attached hydrogen (secondary N) is 1. The minimum Gasteiger partial charge on any atom is -0.343 e. The Labute approximate surface area is 125 Å². The second kappa shape index (κ2) is 5.85. The molecule has 1 aliphatic heterocycles. The predicted molar refractivity (Wildman–Crippen MR) is 82.0 cm³/mol. The Kier molecular flexibility index (Phi) is 3.92. The zero-order valence-electron chi connectivity index (χ0n) is 12.7. The fourth-order valence-electron chi connectivity index (χ4n) is 3.02. The summed E-state index contributed by atoms with van der Waals surface area (Å²) in [4.78, 5) is 17.8. The van der Waals surface area contributed by atoms with Gasteiger partial charge in [0.1, 0.15) is 5.65 Å². The third-order valence-electron chi connectivity index (χ3n) is 4.33. The van der Waals surface area contributed by atoms with E-state index in [0.717, 1.165) is 43.8 Å². The quantitative estimate of drug-likeness (QED) is 0.935. The van der Waals surface area contributed by atoms with E-state index in [2.05, 4.69) is 27.8 Å². The van der Waals surface area contributed by atoms with Gasteiger partial charge in [-0.1, -0.05) is 6.07 Å². The molecule has 0 aromatic carbocycles. The molecule has 1 fully saturated rings. The first kappa shape index (κ1) is 14.1. The molecule has 0 aliphatic carbocycles. The number of imidazole rings is 1. The van der Waals surface area contributed by atoms with Gasteiger partial charge in [0, 0.05) is 38.8 Å². The van der Waals surface area contributed by atoms with Crippen LogP contribution in [0.15, 0.2) is 24.4 Å². The lowest BCUT2D eigenvalue weighted by atomic mass is 10.0. The number of rotatable bonds is 3. The van der Waals surface area contributed by atoms with Crippen molar-refractivity contribution in [3.63, 3.8) is 0 Å². The van der Waals surface area contributed by atoms with Gasteiger partial charge in [-0.3, -0.25) is 4.79 Å². The molecule has 112 valence electrons. The molecule has 1 N–H and O–H groups in total. The first-order valence-corrected chi connectivity index (χ1v) is 7.56. The van der Waals surface area contributed by atoms with Gasteiger partial charge < -0.3 is 14.6 Å². The fraction of sp³-hybridized carbons (Fsp3) is 0.500. The maximum atomic E-state index is 11.3. The summed E-state index contributed by atoms with van der Waals surface area (Å²) in [5, 5.41) is 3.62. The standard InChI is InChI=1S/C16H22N4O/c1-12-15(20-8-4-3-5-16(20)18-12)11-17-14-6-9-19(10-7-14)13(2)21/h3-5,8,14,17H,6-7,9-11H2,1-2H3. The summed E-state index contributed by atoms with van der Waals surface area (Å²) in [6.07, 6.45) is 4.11. The van der Waals surface area contributed by atoms with Crippen LogP contribution in [0.2, 0.25) is 0 Å². The van der Waals surface area contributed by atoms with Crippen LogP contribution in [-0.2, 0) is 11.3 Å². The number of aromatic nitrogens is 2. The average Bonchev–Trinajstić information content (AvgIpc) is 2.81. The van der Waals surface area contributed by atoms with Crippen molar-refractivity contribution in [1.82, 2.24) is 19.6 Å². The number of nitrogens with zero attached hydrogens (tertiary/aromatic N) is 3. The van der Waals surface area contributed by atoms with Crippen LogP contribution in [0.1, 0.15) is 31.2 Å². The minimum absolute atomic E-state index is 0.186. The zero-order valence-corrected chi connectivity index (χ0v) is 12.7. The van der Waals surface area contributed by atoms with Crippen LogP contribution in [0.3, 0.4) is 0 Å². The highest BCUT2D eigenvalue weighted by molar-refractivity contribution is 5.73. The number of carbonyl (C=O) groups excluding carboxylic acids is 1. The Morgan fingerprint density at radius 1 is 1.38 bits per heavy atom. The van der Waals surface area contributed by atoms with Crippen LogP contribution in [-0.4, -0.2) is 39.3 Å². The van der Waals surface area contributed by atoms with E-state index >= 15 is 0 Å². The van der Waals surface area contributed by atoms with E-state index in [0.29, 0.717) is 6.04 Å². The summed E-state index contributed by atoms with van der Waals surface area (Å²) in [5.74, 6) is 0.186. The SMILES string of the molecule is CC(=O)N1CCC(NCc2c(C)nc3ccccn23)CC1. The second-order valence-electron chi connectivity index (χ2n) is 5.73. The van der Waals surface area contributed by atoms with Crippen LogP contribution in [0.4, 0.5) is 0 Å². The van der Waals surface area contributed by atoms with Crippen molar-refractivity contribution >= 4 is 11.6 Å². The number of aryl methyl sites for hydroxylation is 1. The maximum absolute atomic E-state index is 11.3. The largest absolute Gasteiger partial charge is 0.343 e. The second-order valence-corrected chi connectivity index (χ2v) is 5.73. The minimum atomic E-state index is 0.186. The highest BCUT2D eigenvalue weighted by atomic mass is 16.2. The molecule has 2 aromatic heterocycles. The molecule has 0 radical (unpaired) electrons. The monoisotopic (exact) mass is 286 g/mol. The Bertz CT molecular complexity index is 641. The number of hydrogen-bond donors (Lipinski definition) is 1. The number of amides is 1. The number of hydrogen-bond acceptors (Lipinski definition) is 3. The first-order valence-electron chi connectivity index (χ1n) is 7.56. The predicted octanol–water partition coefficient (Wildman–Crippen LogP) is 1.74. The van der Waals surface area contributed by atoms with Crippen LogP contribution in [0.5, 0.6) is 0 Å². The maximum Gasteiger partial charge on any atom is 0.219 e. The Morgan fingerprint density at radius 3 is 2.86 bits per heavy atom. The molecule has 5 nitrogen and oxygen atoms in total. The molecule has 2 aromatic rings. The lowest BCUT2D eigenvalue weighted by Crippen LogP contribution is -2.44. The number of fused-ring (bicyclic) bond motifs is 1. The molecule has 0 spiro atoms. The summed E-state index contributed by atoms with van der Waals surface area (Å²) in [5.41, 5.74) is 3.30. The molecular weight excluding hydrogens is 264 g/mol. The van der Waals surface area contributed by atoms with Gasteiger partial charge in [-0.25, -0.2) is 4.98 Å². The van der Waals surface area contributed by atoms with Gasteiger partial charge >= 0.3 is 0 Å². The van der Waals surface area contributed by atoms with Crippen molar-refractivity contribution in [2.45, 2.75) is 39.3 Å². The van der Waals surface area contributed by atoms with Crippen molar-refractivity contribution < 1.29 is 4.79 Å². The van der Waals surface area contributed by atoms with Gasteiger partial charge in [0.15, 0.2) is 0 Å². The molecule has 21 heavy (non-hydrogen) atoms. The summed E-state index contributed by atoms with van der Waals surface area (Å²) in [7, 11) is 0. The Balaban J connectivity index is 1.62. The van der Waals surface area contributed by atoms with Gasteiger partial charge in [0.2, 0.25) is 5.91 Å². The summed E-state index contributed by atoms with van der Waals surface area (Å²) < 4.78 is 2.15. The average molecular weight is 286 g/mol. The molecule has 0 bridgehead atoms. The first-order chi connectivity index (χ1) is 10.1. The van der Waals surface area contributed by atoms with Gasteiger partial charge in [0.05, 0.1) is 11.4 Å². The topological polar surface area (TPSA) is 49.6 Å². The van der Waals surface area contributed by atoms with Gasteiger partial charge in [0.25, 0.3) is 0 Å². The molecule has 1 amide bonds. The number of carbonyl (C=O) groups is 1. The molecule has 3 heterocycles. The van der Waals surface area contributed by atoms with Crippen molar-refractivity contribution in [1.29, 1.82) is 0 Å². The van der Waals surface area contributed by atoms with Crippen molar-refractivity contribution in [3.8, 4) is 0 Å². The lowest BCUT2D eigenvalue weighted by molar-refractivity contribution is -0.129. The third-order valence-corrected chi connectivity index (χ3v) is 4.33. The third kappa shape index (κ3) is 2.93. The molecule has 1 aliphatic rings. The molecule has 3 rings (SSSR count). The number of pyridine rings is 1. The van der Waals surface area contributed by atoms with E-state index < -0.39 is 0 Å². The van der Waals surface area contributed by atoms with Crippen molar-refractivity contribution in [2.75, 3.05) is 13.1 Å². The number of likely N-dealkylation sites (tertiary alicyclic amines) is 1. The summed E-state index contributed by atoms with van der Waals surface area (Å²) in [6.45, 7) is 6.25. The highest BCUT2D eigenvalue weighted by Gasteiger charge is 2.20.